The molecule has 7 heteroatoms. The van der Waals surface area contributed by atoms with Crippen LogP contribution in [0.25, 0.3) is 0 Å². The first-order valence-corrected chi connectivity index (χ1v) is 5.13. The van der Waals surface area contributed by atoms with Gasteiger partial charge in [0.1, 0.15) is 0 Å². The molecule has 0 radical (unpaired) electrons. The van der Waals surface area contributed by atoms with E-state index in [2.05, 4.69) is 11.8 Å². The molecule has 0 saturated heterocycles. The molecule has 1 nitrogen and oxygen atoms in total. The summed E-state index contributed by atoms with van der Waals surface area (Å²) in [4.78, 5) is 0. The van der Waals surface area contributed by atoms with Gasteiger partial charge in [-0.15, -0.1) is 0 Å². The maximum Gasteiger partial charge on any atom is 0.416 e. The van der Waals surface area contributed by atoms with Gasteiger partial charge >= 0.3 is 12.4 Å². The molecule has 2 N–H and O–H groups in total. The van der Waals surface area contributed by atoms with Gasteiger partial charge in [-0.1, -0.05) is 11.8 Å². The highest BCUT2D eigenvalue weighted by molar-refractivity contribution is 5.42. The predicted octanol–water partition coefficient (Wildman–Crippen LogP) is 3.42. The molecule has 104 valence electrons. The summed E-state index contributed by atoms with van der Waals surface area (Å²) in [6.07, 6.45) is -9.52. The van der Waals surface area contributed by atoms with Crippen molar-refractivity contribution in [3.8, 4) is 11.8 Å². The molecule has 0 bridgehead atoms. The Balaban J connectivity index is 3.30. The fraction of sp³-hybridized carbons (Fsp3) is 0.333. The lowest BCUT2D eigenvalue weighted by Crippen LogP contribution is -2.11. The molecule has 1 rings (SSSR count). The molecule has 0 aliphatic rings. The van der Waals surface area contributed by atoms with Crippen LogP contribution in [0.3, 0.4) is 0 Å². The lowest BCUT2D eigenvalue weighted by atomic mass is 10.0. The summed E-state index contributed by atoms with van der Waals surface area (Å²) in [6, 6.07) is 1.23. The molecule has 0 saturated carbocycles. The zero-order chi connectivity index (χ0) is 14.7. The zero-order valence-electron chi connectivity index (χ0n) is 9.49. The second-order valence-electron chi connectivity index (χ2n) is 3.64. The van der Waals surface area contributed by atoms with Crippen molar-refractivity contribution < 1.29 is 26.3 Å². The third-order valence-corrected chi connectivity index (χ3v) is 2.09. The van der Waals surface area contributed by atoms with Gasteiger partial charge in [-0.2, -0.15) is 26.3 Å². The van der Waals surface area contributed by atoms with Crippen LogP contribution in [-0.4, -0.2) is 6.54 Å². The fourth-order valence-electron chi connectivity index (χ4n) is 1.26. The van der Waals surface area contributed by atoms with Crippen molar-refractivity contribution in [3.05, 3.63) is 34.9 Å². The molecular weight excluding hydrogens is 272 g/mol. The number of nitrogens with two attached hydrogens (primary N) is 1. The number of benzene rings is 1. The molecule has 0 aromatic heterocycles. The minimum atomic E-state index is -4.86. The smallest absolute Gasteiger partial charge is 0.330 e. The van der Waals surface area contributed by atoms with Crippen LogP contribution in [0.5, 0.6) is 0 Å². The molecule has 0 spiro atoms. The summed E-state index contributed by atoms with van der Waals surface area (Å²) >= 11 is 0. The van der Waals surface area contributed by atoms with Crippen molar-refractivity contribution in [1.82, 2.24) is 0 Å². The van der Waals surface area contributed by atoms with Crippen molar-refractivity contribution in [2.45, 2.75) is 18.8 Å². The van der Waals surface area contributed by atoms with Crippen LogP contribution < -0.4 is 5.73 Å². The average Bonchev–Trinajstić information content (AvgIpc) is 2.27. The van der Waals surface area contributed by atoms with Crippen LogP contribution >= 0.6 is 0 Å². The standard InChI is InChI=1S/C12H9F6N/c13-11(14,15)9-5-8(3-1-2-4-19)6-10(7-9)12(16,17)18/h5-7H,2,4,19H2. The van der Waals surface area contributed by atoms with Crippen LogP contribution in [0.1, 0.15) is 23.1 Å². The summed E-state index contributed by atoms with van der Waals surface area (Å²) in [7, 11) is 0. The number of hydrogen-bond donors (Lipinski definition) is 1. The lowest BCUT2D eigenvalue weighted by molar-refractivity contribution is -0.143. The van der Waals surface area contributed by atoms with E-state index in [9.17, 15) is 26.3 Å². The number of halogens is 6. The number of hydrogen-bond acceptors (Lipinski definition) is 1. The second kappa shape index (κ2) is 5.53. The van der Waals surface area contributed by atoms with E-state index in [1.807, 2.05) is 0 Å². The molecule has 0 fully saturated rings. The Morgan fingerprint density at radius 3 is 1.74 bits per heavy atom. The molecule has 0 amide bonds. The Bertz CT molecular complexity index is 471. The van der Waals surface area contributed by atoms with Crippen LogP contribution in [0.15, 0.2) is 18.2 Å². The number of alkyl halides is 6. The number of rotatable bonds is 1. The summed E-state index contributed by atoms with van der Waals surface area (Å²) in [5.74, 6) is 4.64. The molecule has 0 heterocycles. The summed E-state index contributed by atoms with van der Waals surface area (Å²) in [5, 5.41) is 0. The first kappa shape index (κ1) is 15.4. The monoisotopic (exact) mass is 281 g/mol. The van der Waals surface area contributed by atoms with Crippen molar-refractivity contribution in [2.75, 3.05) is 6.54 Å². The van der Waals surface area contributed by atoms with Crippen molar-refractivity contribution in [2.24, 2.45) is 5.73 Å². The van der Waals surface area contributed by atoms with Gasteiger partial charge in [0.2, 0.25) is 0 Å². The summed E-state index contributed by atoms with van der Waals surface area (Å²) < 4.78 is 74.9. The van der Waals surface area contributed by atoms with Crippen molar-refractivity contribution >= 4 is 0 Å². The largest absolute Gasteiger partial charge is 0.416 e. The predicted molar refractivity (Wildman–Crippen MR) is 57.0 cm³/mol. The summed E-state index contributed by atoms with van der Waals surface area (Å²) in [5.41, 5.74) is 2.04. The van der Waals surface area contributed by atoms with Gasteiger partial charge in [0.05, 0.1) is 11.1 Å². The Kier molecular flexibility index (Phi) is 4.48. The first-order valence-electron chi connectivity index (χ1n) is 5.13. The lowest BCUT2D eigenvalue weighted by Gasteiger charge is -2.12. The van der Waals surface area contributed by atoms with Crippen LogP contribution in [0.2, 0.25) is 0 Å². The van der Waals surface area contributed by atoms with Gasteiger partial charge in [-0.3, -0.25) is 0 Å². The highest BCUT2D eigenvalue weighted by Gasteiger charge is 2.36. The van der Waals surface area contributed by atoms with E-state index >= 15 is 0 Å². The van der Waals surface area contributed by atoms with Gasteiger partial charge in [-0.05, 0) is 18.2 Å². The van der Waals surface area contributed by atoms with E-state index in [4.69, 9.17) is 5.73 Å². The minimum absolute atomic E-state index is 0.0636. The van der Waals surface area contributed by atoms with Crippen LogP contribution in [-0.2, 0) is 12.4 Å². The summed E-state index contributed by atoms with van der Waals surface area (Å²) in [6.45, 7) is 0.179. The molecule has 0 atom stereocenters. The van der Waals surface area contributed by atoms with E-state index in [1.54, 1.807) is 0 Å². The SMILES string of the molecule is NCCC#Cc1cc(C(F)(F)F)cc(C(F)(F)F)c1. The molecule has 0 aliphatic heterocycles. The van der Waals surface area contributed by atoms with E-state index in [0.29, 0.717) is 12.1 Å². The van der Waals surface area contributed by atoms with E-state index in [-0.39, 0.29) is 24.6 Å². The van der Waals surface area contributed by atoms with Gasteiger partial charge in [0.25, 0.3) is 0 Å². The normalized spacial score (nSPS) is 11.9. The van der Waals surface area contributed by atoms with Crippen LogP contribution in [0, 0.1) is 11.8 Å². The molecule has 0 unspecified atom stereocenters. The molecule has 0 aliphatic carbocycles. The van der Waals surface area contributed by atoms with E-state index in [1.165, 1.54) is 0 Å². The highest BCUT2D eigenvalue weighted by Crippen LogP contribution is 2.36. The molecule has 1 aromatic carbocycles. The average molecular weight is 281 g/mol. The van der Waals surface area contributed by atoms with Crippen molar-refractivity contribution in [3.63, 3.8) is 0 Å². The van der Waals surface area contributed by atoms with E-state index < -0.39 is 23.5 Å². The van der Waals surface area contributed by atoms with E-state index in [0.717, 1.165) is 0 Å². The second-order valence-corrected chi connectivity index (χ2v) is 3.64. The topological polar surface area (TPSA) is 26.0 Å². The van der Waals surface area contributed by atoms with Gasteiger partial charge in [0.15, 0.2) is 0 Å². The Hall–Kier alpha value is -1.68. The Morgan fingerprint density at radius 2 is 1.37 bits per heavy atom. The molecule has 19 heavy (non-hydrogen) atoms. The fourth-order valence-corrected chi connectivity index (χ4v) is 1.26. The first-order chi connectivity index (χ1) is 8.64. The Morgan fingerprint density at radius 1 is 0.895 bits per heavy atom. The quantitative estimate of drug-likeness (QED) is 0.619. The van der Waals surface area contributed by atoms with Gasteiger partial charge < -0.3 is 5.73 Å². The highest BCUT2D eigenvalue weighted by atomic mass is 19.4. The van der Waals surface area contributed by atoms with Crippen LogP contribution in [0.4, 0.5) is 26.3 Å². The van der Waals surface area contributed by atoms with Gasteiger partial charge in [0, 0.05) is 18.5 Å². The zero-order valence-corrected chi connectivity index (χ0v) is 9.49. The van der Waals surface area contributed by atoms with Crippen molar-refractivity contribution in [1.29, 1.82) is 0 Å². The maximum atomic E-state index is 12.5. The molecular formula is C12H9F6N. The Labute approximate surface area is 105 Å². The third-order valence-electron chi connectivity index (χ3n) is 2.09. The molecule has 1 aromatic rings. The maximum absolute atomic E-state index is 12.5. The van der Waals surface area contributed by atoms with Gasteiger partial charge in [-0.25, -0.2) is 0 Å². The minimum Gasteiger partial charge on any atom is -0.330 e. The third kappa shape index (κ3) is 4.48.